The Morgan fingerprint density at radius 1 is 0.943 bits per heavy atom. The van der Waals surface area contributed by atoms with Crippen molar-refractivity contribution >= 4 is 69.6 Å². The van der Waals surface area contributed by atoms with Gasteiger partial charge in [-0.25, -0.2) is 19.3 Å². The molecule has 53 heavy (non-hydrogen) atoms. The molecule has 17 heteroatoms. The molecule has 1 N–H and O–H groups in total. The first-order valence-corrected chi connectivity index (χ1v) is 17.4. The predicted molar refractivity (Wildman–Crippen MR) is 195 cm³/mol. The van der Waals surface area contributed by atoms with Crippen molar-refractivity contribution in [3.8, 4) is 0 Å². The zero-order valence-corrected chi connectivity index (χ0v) is 32.6. The quantitative estimate of drug-likeness (QED) is 0.145. The number of amides is 4. The van der Waals surface area contributed by atoms with Crippen LogP contribution in [0.25, 0.3) is 10.9 Å². The van der Waals surface area contributed by atoms with E-state index >= 15 is 0 Å². The molecule has 0 bridgehead atoms. The predicted octanol–water partition coefficient (Wildman–Crippen LogP) is 7.67. The van der Waals surface area contributed by atoms with Crippen LogP contribution in [0.15, 0.2) is 55.0 Å². The molecule has 1 fully saturated rings. The summed E-state index contributed by atoms with van der Waals surface area (Å²) in [5.74, 6) is -2.07. The van der Waals surface area contributed by atoms with Gasteiger partial charge < -0.3 is 24.4 Å². The van der Waals surface area contributed by atoms with Crippen molar-refractivity contribution in [2.24, 2.45) is 0 Å². The summed E-state index contributed by atoms with van der Waals surface area (Å²) in [5, 5.41) is 8.08. The van der Waals surface area contributed by atoms with Gasteiger partial charge in [-0.2, -0.15) is 10.00 Å². The molecule has 5 rings (SSSR count). The number of hydrogen-bond donors (Lipinski definition) is 1. The Kier molecular flexibility index (Phi) is 13.5. The number of halogens is 2. The zero-order chi connectivity index (χ0) is 37.8. The molecule has 4 aromatic rings. The van der Waals surface area contributed by atoms with E-state index in [2.05, 4.69) is 15.3 Å². The maximum Gasteiger partial charge on any atom is 0.425 e. The topological polar surface area (TPSA) is 158 Å². The first-order valence-electron chi connectivity index (χ1n) is 16.7. The maximum atomic E-state index is 13.9. The molecule has 1 aromatic carbocycles. The number of imide groups is 1. The molecular formula is C36H41Cl2CuN7O7. The Bertz CT molecular complexity index is 1930. The normalized spacial score (nSPS) is 14.5. The molecule has 1 atom stereocenters. The third kappa shape index (κ3) is 10.7. The summed E-state index contributed by atoms with van der Waals surface area (Å²) >= 11 is 12.7. The molecule has 4 amide bonds. The molecule has 4 heterocycles. The number of ether oxygens (including phenoxy) is 3. The van der Waals surface area contributed by atoms with Crippen LogP contribution in [0.1, 0.15) is 78.3 Å². The van der Waals surface area contributed by atoms with Gasteiger partial charge in [0, 0.05) is 42.6 Å². The second kappa shape index (κ2) is 17.3. The van der Waals surface area contributed by atoms with Gasteiger partial charge in [-0.3, -0.25) is 14.6 Å². The molecule has 1 radical (unpaired) electrons. The number of nitrogens with zero attached hydrogens (tertiary/aromatic N) is 6. The van der Waals surface area contributed by atoms with Crippen molar-refractivity contribution in [2.45, 2.75) is 91.3 Å². The minimum atomic E-state index is -1.03. The number of carbonyl (C=O) groups excluding carboxylic acids is 4. The number of anilines is 2. The third-order valence-corrected chi connectivity index (χ3v) is 8.42. The first-order chi connectivity index (χ1) is 24.5. The van der Waals surface area contributed by atoms with Gasteiger partial charge in [0.25, 0.3) is 0 Å². The van der Waals surface area contributed by atoms with E-state index < -0.39 is 41.4 Å². The number of benzene rings is 1. The summed E-state index contributed by atoms with van der Waals surface area (Å²) in [6, 6.07) is 10.3. The van der Waals surface area contributed by atoms with E-state index in [1.54, 1.807) is 95.0 Å². The Morgan fingerprint density at radius 2 is 1.64 bits per heavy atom. The monoisotopic (exact) mass is 816 g/mol. The minimum absolute atomic E-state index is 0. The summed E-state index contributed by atoms with van der Waals surface area (Å²) in [4.78, 5) is 65.5. The SMILES string of the molecule is CC(C)(C)OC(=O)N(C(=O)OC(C)(C)C)c1ncc(NC(=O)C(=O)N(Cc2ccccn2)Cc2cccc(Cl)c2Cl)c2nn(C3CCCCO3)cc12.[Cu]. The van der Waals surface area contributed by atoms with Gasteiger partial charge in [0.1, 0.15) is 22.9 Å². The largest absolute Gasteiger partial charge is 0.443 e. The van der Waals surface area contributed by atoms with E-state index in [0.717, 1.165) is 12.8 Å². The summed E-state index contributed by atoms with van der Waals surface area (Å²) in [6.07, 6.45) is 4.24. The van der Waals surface area contributed by atoms with Crippen LogP contribution < -0.4 is 10.2 Å². The molecule has 0 saturated carbocycles. The Balaban J connectivity index is 0.00000627. The molecule has 1 unspecified atom stereocenters. The number of pyridine rings is 2. The molecule has 1 aliphatic heterocycles. The van der Waals surface area contributed by atoms with E-state index in [-0.39, 0.29) is 57.6 Å². The standard InChI is InChI=1S/C36H41Cl2N7O7.Cu/c1-35(2,3)51-33(48)45(34(49)52-36(4,5)6)30-24-21-44(27-15-8-10-17-50-27)42-29(24)26(18-40-30)41-31(46)32(47)43(20-23-13-7-9-16-39-23)19-22-12-11-14-25(37)28(22)38;/h7,9,11-14,16,18,21,27H,8,10,15,17,19-20H2,1-6H3,(H,41,46);. The van der Waals surface area contributed by atoms with Gasteiger partial charge in [0.15, 0.2) is 5.82 Å². The number of hydrogen-bond acceptors (Lipinski definition) is 10. The van der Waals surface area contributed by atoms with Crippen LogP contribution in [0.4, 0.5) is 21.1 Å². The molecule has 0 spiro atoms. The fraction of sp³-hybridized carbons (Fsp3) is 0.417. The summed E-state index contributed by atoms with van der Waals surface area (Å²) in [7, 11) is 0. The van der Waals surface area contributed by atoms with Crippen LogP contribution >= 0.6 is 23.2 Å². The van der Waals surface area contributed by atoms with Crippen molar-refractivity contribution in [3.63, 3.8) is 0 Å². The minimum Gasteiger partial charge on any atom is -0.443 e. The Morgan fingerprint density at radius 3 is 2.25 bits per heavy atom. The second-order valence-corrected chi connectivity index (χ2v) is 14.9. The van der Waals surface area contributed by atoms with E-state index in [1.807, 2.05) is 0 Å². The van der Waals surface area contributed by atoms with E-state index in [4.69, 9.17) is 42.5 Å². The number of fused-ring (bicyclic) bond motifs is 1. The molecule has 3 aromatic heterocycles. The van der Waals surface area contributed by atoms with Crippen LogP contribution in [0.3, 0.4) is 0 Å². The molecular weight excluding hydrogens is 777 g/mol. The summed E-state index contributed by atoms with van der Waals surface area (Å²) in [5.41, 5.74) is -0.714. The number of nitrogens with one attached hydrogen (secondary N) is 1. The number of rotatable bonds is 7. The molecule has 1 saturated heterocycles. The van der Waals surface area contributed by atoms with E-state index in [0.29, 0.717) is 34.2 Å². The first kappa shape index (κ1) is 41.5. The van der Waals surface area contributed by atoms with Crippen LogP contribution in [0, 0.1) is 0 Å². The van der Waals surface area contributed by atoms with E-state index in [9.17, 15) is 19.2 Å². The van der Waals surface area contributed by atoms with Gasteiger partial charge in [-0.15, -0.1) is 0 Å². The van der Waals surface area contributed by atoms with Gasteiger partial charge >= 0.3 is 24.0 Å². The van der Waals surface area contributed by atoms with Crippen molar-refractivity contribution in [2.75, 3.05) is 16.8 Å². The fourth-order valence-corrected chi connectivity index (χ4v) is 5.68. The van der Waals surface area contributed by atoms with Gasteiger partial charge in [0.05, 0.1) is 39.6 Å². The third-order valence-electron chi connectivity index (χ3n) is 7.56. The molecule has 0 aliphatic carbocycles. The van der Waals surface area contributed by atoms with Crippen molar-refractivity contribution in [3.05, 3.63) is 76.3 Å². The molecule has 14 nitrogen and oxygen atoms in total. The second-order valence-electron chi connectivity index (χ2n) is 14.1. The van der Waals surface area contributed by atoms with Crippen LogP contribution in [0.2, 0.25) is 10.0 Å². The van der Waals surface area contributed by atoms with Crippen molar-refractivity contribution in [1.82, 2.24) is 24.6 Å². The molecule has 287 valence electrons. The average Bonchev–Trinajstić information content (AvgIpc) is 3.53. The fourth-order valence-electron chi connectivity index (χ4n) is 5.31. The van der Waals surface area contributed by atoms with Gasteiger partial charge in [-0.05, 0) is 84.6 Å². The van der Waals surface area contributed by atoms with Crippen molar-refractivity contribution < 1.29 is 50.5 Å². The summed E-state index contributed by atoms with van der Waals surface area (Å²) in [6.45, 7) is 10.4. The van der Waals surface area contributed by atoms with Gasteiger partial charge in [-0.1, -0.05) is 41.4 Å². The Hall–Kier alpha value is -4.27. The average molecular weight is 818 g/mol. The van der Waals surface area contributed by atoms with Crippen LogP contribution in [-0.2, 0) is 54.0 Å². The van der Waals surface area contributed by atoms with Gasteiger partial charge in [0.2, 0.25) is 0 Å². The van der Waals surface area contributed by atoms with Crippen molar-refractivity contribution in [1.29, 1.82) is 0 Å². The van der Waals surface area contributed by atoms with E-state index in [1.165, 1.54) is 11.1 Å². The number of carbonyl (C=O) groups is 4. The van der Waals surface area contributed by atoms with Crippen LogP contribution in [0.5, 0.6) is 0 Å². The zero-order valence-electron chi connectivity index (χ0n) is 30.1. The Labute approximate surface area is 327 Å². The maximum absolute atomic E-state index is 13.9. The van der Waals surface area contributed by atoms with Crippen LogP contribution in [-0.4, -0.2) is 66.5 Å². The molecule has 1 aliphatic rings. The smallest absolute Gasteiger partial charge is 0.425 e. The summed E-state index contributed by atoms with van der Waals surface area (Å²) < 4.78 is 18.7. The number of aromatic nitrogens is 4.